The molecule has 1 fully saturated rings. The van der Waals surface area contributed by atoms with E-state index in [1.54, 1.807) is 11.3 Å². The Bertz CT molecular complexity index is 1220. The first-order valence-corrected chi connectivity index (χ1v) is 18.1. The van der Waals surface area contributed by atoms with Crippen molar-refractivity contribution >= 4 is 56.6 Å². The fourth-order valence-electron chi connectivity index (χ4n) is 4.23. The molecule has 1 aliphatic heterocycles. The van der Waals surface area contributed by atoms with Gasteiger partial charge in [-0.2, -0.15) is 0 Å². The van der Waals surface area contributed by atoms with Gasteiger partial charge in [-0.05, 0) is 65.5 Å². The molecule has 1 aliphatic rings. The van der Waals surface area contributed by atoms with Gasteiger partial charge in [0.05, 0.1) is 18.8 Å². The van der Waals surface area contributed by atoms with Crippen LogP contribution in [0.4, 0.5) is 0 Å². The SMILES string of the molecule is C[Si](C)(C)CCOC(=O)C[C@]1(c2ccc(-c3ccc4sccc4c3)s2)CCCCS1(=O)=O. The van der Waals surface area contributed by atoms with Crippen LogP contribution in [0.3, 0.4) is 0 Å². The first kappa shape index (κ1) is 23.7. The van der Waals surface area contributed by atoms with Gasteiger partial charge in [-0.15, -0.1) is 22.7 Å². The smallest absolute Gasteiger partial charge is 0.307 e. The molecule has 0 bridgehead atoms. The number of hydrogen-bond donors (Lipinski definition) is 0. The maximum Gasteiger partial charge on any atom is 0.307 e. The normalized spacial score (nSPS) is 21.0. The lowest BCUT2D eigenvalue weighted by molar-refractivity contribution is -0.144. The Morgan fingerprint density at radius 1 is 1.12 bits per heavy atom. The lowest BCUT2D eigenvalue weighted by Gasteiger charge is -2.35. The summed E-state index contributed by atoms with van der Waals surface area (Å²) in [5.74, 6) is -0.271. The fraction of sp³-hybridized carbons (Fsp3) is 0.458. The van der Waals surface area contributed by atoms with Gasteiger partial charge >= 0.3 is 5.97 Å². The minimum Gasteiger partial charge on any atom is -0.466 e. The summed E-state index contributed by atoms with van der Waals surface area (Å²) in [5.41, 5.74) is 1.08. The predicted molar refractivity (Wildman–Crippen MR) is 138 cm³/mol. The van der Waals surface area contributed by atoms with Crippen molar-refractivity contribution in [2.75, 3.05) is 12.4 Å². The van der Waals surface area contributed by atoms with E-state index in [9.17, 15) is 13.2 Å². The largest absolute Gasteiger partial charge is 0.466 e. The monoisotopic (exact) mass is 506 g/mol. The molecule has 4 rings (SSSR count). The van der Waals surface area contributed by atoms with Gasteiger partial charge in [-0.3, -0.25) is 4.79 Å². The average Bonchev–Trinajstić information content (AvgIpc) is 3.37. The molecule has 1 aromatic carbocycles. The second-order valence-corrected chi connectivity index (χ2v) is 19.9. The van der Waals surface area contributed by atoms with Crippen LogP contribution in [0, 0.1) is 0 Å². The van der Waals surface area contributed by atoms with E-state index in [4.69, 9.17) is 4.74 Å². The van der Waals surface area contributed by atoms with Crippen LogP contribution >= 0.6 is 22.7 Å². The Balaban J connectivity index is 1.63. The molecule has 0 N–H and O–H groups in total. The summed E-state index contributed by atoms with van der Waals surface area (Å²) < 4.78 is 32.3. The molecule has 0 aliphatic carbocycles. The molecule has 4 nitrogen and oxygen atoms in total. The van der Waals surface area contributed by atoms with Crippen LogP contribution in [-0.4, -0.2) is 34.8 Å². The van der Waals surface area contributed by atoms with Crippen molar-refractivity contribution in [1.29, 1.82) is 0 Å². The number of rotatable bonds is 7. The first-order chi connectivity index (χ1) is 15.1. The van der Waals surface area contributed by atoms with E-state index < -0.39 is 28.6 Å². The highest BCUT2D eigenvalue weighted by atomic mass is 32.2. The predicted octanol–water partition coefficient (Wildman–Crippen LogP) is 6.70. The molecule has 0 saturated carbocycles. The lowest BCUT2D eigenvalue weighted by Crippen LogP contribution is -2.42. The lowest BCUT2D eigenvalue weighted by atomic mass is 9.95. The van der Waals surface area contributed by atoms with Crippen LogP contribution in [0.1, 0.15) is 30.6 Å². The summed E-state index contributed by atoms with van der Waals surface area (Å²) in [7, 11) is -4.79. The van der Waals surface area contributed by atoms with E-state index in [-0.39, 0.29) is 12.2 Å². The zero-order chi connectivity index (χ0) is 23.0. The molecule has 0 spiro atoms. The number of benzene rings is 1. The maximum atomic E-state index is 13.4. The highest BCUT2D eigenvalue weighted by molar-refractivity contribution is 7.92. The number of fused-ring (bicyclic) bond motifs is 1. The third kappa shape index (κ3) is 4.88. The minimum absolute atomic E-state index is 0.0927. The van der Waals surface area contributed by atoms with Crippen molar-refractivity contribution in [2.45, 2.75) is 56.1 Å². The van der Waals surface area contributed by atoms with Crippen LogP contribution in [0.15, 0.2) is 41.8 Å². The summed E-state index contributed by atoms with van der Waals surface area (Å²) in [6.07, 6.45) is 1.84. The average molecular weight is 507 g/mol. The number of carbonyl (C=O) groups is 1. The van der Waals surface area contributed by atoms with Gasteiger partial charge in [0.2, 0.25) is 0 Å². The molecule has 3 aromatic rings. The van der Waals surface area contributed by atoms with Gasteiger partial charge in [0.15, 0.2) is 9.84 Å². The molecule has 1 atom stereocenters. The molecule has 8 heteroatoms. The Morgan fingerprint density at radius 3 is 2.69 bits per heavy atom. The first-order valence-electron chi connectivity index (χ1n) is 11.1. The van der Waals surface area contributed by atoms with Gasteiger partial charge in [0, 0.05) is 22.5 Å². The van der Waals surface area contributed by atoms with Gasteiger partial charge in [-0.1, -0.05) is 32.1 Å². The zero-order valence-corrected chi connectivity index (χ0v) is 22.3. The van der Waals surface area contributed by atoms with Crippen molar-refractivity contribution in [3.63, 3.8) is 0 Å². The molecule has 2 aromatic heterocycles. The maximum absolute atomic E-state index is 13.4. The molecule has 0 unspecified atom stereocenters. The van der Waals surface area contributed by atoms with Crippen LogP contribution in [-0.2, 0) is 24.1 Å². The Labute approximate surface area is 199 Å². The van der Waals surface area contributed by atoms with Crippen molar-refractivity contribution in [1.82, 2.24) is 0 Å². The van der Waals surface area contributed by atoms with E-state index in [1.807, 2.05) is 12.1 Å². The van der Waals surface area contributed by atoms with E-state index in [2.05, 4.69) is 49.3 Å². The van der Waals surface area contributed by atoms with Crippen molar-refractivity contribution in [2.24, 2.45) is 0 Å². The van der Waals surface area contributed by atoms with E-state index in [1.165, 1.54) is 21.4 Å². The molecule has 0 radical (unpaired) electrons. The number of hydrogen-bond acceptors (Lipinski definition) is 6. The van der Waals surface area contributed by atoms with Gasteiger partial charge in [-0.25, -0.2) is 8.42 Å². The third-order valence-electron chi connectivity index (χ3n) is 6.18. The Hall–Kier alpha value is -1.48. The van der Waals surface area contributed by atoms with Crippen LogP contribution in [0.5, 0.6) is 0 Å². The summed E-state index contributed by atoms with van der Waals surface area (Å²) in [5, 5.41) is 3.26. The van der Waals surface area contributed by atoms with Crippen LogP contribution in [0.25, 0.3) is 20.5 Å². The second-order valence-electron chi connectivity index (χ2n) is 9.82. The number of esters is 1. The molecule has 172 valence electrons. The van der Waals surface area contributed by atoms with Crippen molar-refractivity contribution in [3.8, 4) is 10.4 Å². The van der Waals surface area contributed by atoms with Crippen LogP contribution in [0.2, 0.25) is 25.7 Å². The van der Waals surface area contributed by atoms with Crippen LogP contribution < -0.4 is 0 Å². The van der Waals surface area contributed by atoms with Gasteiger partial charge in [0.25, 0.3) is 0 Å². The molecular formula is C24H30O4S3Si. The standard InChI is InChI=1S/C24H30O4S3Si/c1-32(2,3)15-12-28-23(25)17-24(11-4-5-14-31(24,26)27)22-9-8-21(30-22)18-6-7-20-19(16-18)10-13-29-20/h6-10,13,16H,4-5,11-12,14-15,17H2,1-3H3/t24-/m0/s1. The Morgan fingerprint density at radius 2 is 1.94 bits per heavy atom. The van der Waals surface area contributed by atoms with Gasteiger partial charge < -0.3 is 4.74 Å². The summed E-state index contributed by atoms with van der Waals surface area (Å²) in [6, 6.07) is 13.2. The van der Waals surface area contributed by atoms with Crippen molar-refractivity contribution in [3.05, 3.63) is 46.7 Å². The zero-order valence-electron chi connectivity index (χ0n) is 18.8. The quantitative estimate of drug-likeness (QED) is 0.264. The highest BCUT2D eigenvalue weighted by Gasteiger charge is 2.49. The third-order valence-corrected chi connectivity index (χ3v) is 12.8. The molecule has 32 heavy (non-hydrogen) atoms. The Kier molecular flexibility index (Phi) is 6.69. The number of carbonyl (C=O) groups excluding carboxylic acids is 1. The van der Waals surface area contributed by atoms with E-state index in [0.29, 0.717) is 19.4 Å². The number of sulfone groups is 1. The summed E-state index contributed by atoms with van der Waals surface area (Å²) in [6.45, 7) is 7.07. The molecule has 0 amide bonds. The highest BCUT2D eigenvalue weighted by Crippen LogP contribution is 2.47. The van der Waals surface area contributed by atoms with Crippen molar-refractivity contribution < 1.29 is 17.9 Å². The molecule has 1 saturated heterocycles. The van der Waals surface area contributed by atoms with Gasteiger partial charge in [0.1, 0.15) is 4.75 Å². The summed E-state index contributed by atoms with van der Waals surface area (Å²) >= 11 is 3.21. The number of thiophene rings is 2. The molecule has 3 heterocycles. The van der Waals surface area contributed by atoms with E-state index >= 15 is 0 Å². The number of ether oxygens (including phenoxy) is 1. The topological polar surface area (TPSA) is 60.4 Å². The van der Waals surface area contributed by atoms with E-state index in [0.717, 1.165) is 27.8 Å². The second kappa shape index (κ2) is 9.04. The fourth-order valence-corrected chi connectivity index (χ4v) is 9.48. The summed E-state index contributed by atoms with van der Waals surface area (Å²) in [4.78, 5) is 14.6. The minimum atomic E-state index is -3.46. The molecular weight excluding hydrogens is 477 g/mol.